The highest BCUT2D eigenvalue weighted by molar-refractivity contribution is 5.75. The van der Waals surface area contributed by atoms with Crippen molar-refractivity contribution in [3.8, 4) is 17.6 Å². The standard InChI is InChI=1S/C23H19NO2/c1-2-10-20-13-9-14-21(18-17-19-11-5-3-6-12-19)24(20)23(25)26-22-15-7-4-8-16-22/h2-9,11-16,20H,1,10H2. The van der Waals surface area contributed by atoms with E-state index in [0.29, 0.717) is 17.9 Å². The summed E-state index contributed by atoms with van der Waals surface area (Å²) >= 11 is 0. The molecule has 3 rings (SSSR count). The molecule has 128 valence electrons. The second-order valence-electron chi connectivity index (χ2n) is 5.70. The van der Waals surface area contributed by atoms with E-state index >= 15 is 0 Å². The molecule has 0 spiro atoms. The molecular formula is C23H19NO2. The third kappa shape index (κ3) is 4.31. The molecule has 1 amide bonds. The molecule has 0 radical (unpaired) electrons. The lowest BCUT2D eigenvalue weighted by atomic mass is 10.1. The molecule has 0 saturated carbocycles. The van der Waals surface area contributed by atoms with Crippen LogP contribution in [0.2, 0.25) is 0 Å². The van der Waals surface area contributed by atoms with Crippen LogP contribution in [0.5, 0.6) is 5.75 Å². The zero-order chi connectivity index (χ0) is 18.2. The minimum Gasteiger partial charge on any atom is -0.410 e. The second-order valence-corrected chi connectivity index (χ2v) is 5.70. The molecule has 0 fully saturated rings. The summed E-state index contributed by atoms with van der Waals surface area (Å²) in [4.78, 5) is 14.4. The summed E-state index contributed by atoms with van der Waals surface area (Å²) in [5, 5.41) is 0. The molecular weight excluding hydrogens is 322 g/mol. The Morgan fingerprint density at radius 1 is 1.08 bits per heavy atom. The summed E-state index contributed by atoms with van der Waals surface area (Å²) in [6.45, 7) is 3.78. The van der Waals surface area contributed by atoms with E-state index in [9.17, 15) is 4.79 Å². The number of allylic oxidation sites excluding steroid dienone is 3. The maximum Gasteiger partial charge on any atom is 0.420 e. The highest BCUT2D eigenvalue weighted by atomic mass is 16.6. The maximum atomic E-state index is 12.8. The first-order valence-corrected chi connectivity index (χ1v) is 8.40. The number of para-hydroxylation sites is 1. The van der Waals surface area contributed by atoms with Gasteiger partial charge in [0, 0.05) is 5.56 Å². The molecule has 1 aliphatic rings. The van der Waals surface area contributed by atoms with Crippen molar-refractivity contribution >= 4 is 6.09 Å². The molecule has 2 aromatic rings. The molecule has 0 saturated heterocycles. The van der Waals surface area contributed by atoms with Crippen LogP contribution in [0.25, 0.3) is 0 Å². The lowest BCUT2D eigenvalue weighted by molar-refractivity contribution is 0.158. The first kappa shape index (κ1) is 17.3. The summed E-state index contributed by atoms with van der Waals surface area (Å²) in [7, 11) is 0. The summed E-state index contributed by atoms with van der Waals surface area (Å²) in [6, 6.07) is 18.5. The van der Waals surface area contributed by atoms with Gasteiger partial charge >= 0.3 is 6.09 Å². The quantitative estimate of drug-likeness (QED) is 0.585. The minimum absolute atomic E-state index is 0.172. The van der Waals surface area contributed by atoms with Crippen LogP contribution in [0.3, 0.4) is 0 Å². The lowest BCUT2D eigenvalue weighted by Crippen LogP contribution is -2.41. The van der Waals surface area contributed by atoms with E-state index < -0.39 is 6.09 Å². The van der Waals surface area contributed by atoms with Gasteiger partial charge in [0.15, 0.2) is 0 Å². The number of hydrogen-bond donors (Lipinski definition) is 0. The van der Waals surface area contributed by atoms with Crippen molar-refractivity contribution in [2.24, 2.45) is 0 Å². The van der Waals surface area contributed by atoms with Crippen molar-refractivity contribution in [1.29, 1.82) is 0 Å². The van der Waals surface area contributed by atoms with Crippen LogP contribution in [0.1, 0.15) is 12.0 Å². The number of nitrogens with zero attached hydrogens (tertiary/aromatic N) is 1. The van der Waals surface area contributed by atoms with Crippen LogP contribution >= 0.6 is 0 Å². The molecule has 0 N–H and O–H groups in total. The van der Waals surface area contributed by atoms with Gasteiger partial charge in [0.25, 0.3) is 0 Å². The van der Waals surface area contributed by atoms with Gasteiger partial charge in [-0.15, -0.1) is 6.58 Å². The van der Waals surface area contributed by atoms with Crippen molar-refractivity contribution in [3.05, 3.63) is 103 Å². The summed E-state index contributed by atoms with van der Waals surface area (Å²) in [5.74, 6) is 6.69. The van der Waals surface area contributed by atoms with Crippen LogP contribution in [0.4, 0.5) is 4.79 Å². The summed E-state index contributed by atoms with van der Waals surface area (Å²) in [5.41, 5.74) is 1.49. The molecule has 0 aromatic heterocycles. The highest BCUT2D eigenvalue weighted by Gasteiger charge is 2.27. The molecule has 0 aliphatic carbocycles. The Labute approximate surface area is 153 Å². The molecule has 1 heterocycles. The number of carbonyl (C=O) groups is 1. The molecule has 1 atom stereocenters. The van der Waals surface area contributed by atoms with Gasteiger partial charge in [-0.25, -0.2) is 4.79 Å². The topological polar surface area (TPSA) is 29.5 Å². The van der Waals surface area contributed by atoms with E-state index in [2.05, 4.69) is 18.4 Å². The smallest absolute Gasteiger partial charge is 0.410 e. The van der Waals surface area contributed by atoms with Crippen molar-refractivity contribution in [2.75, 3.05) is 0 Å². The van der Waals surface area contributed by atoms with E-state index in [4.69, 9.17) is 4.74 Å². The predicted octanol–water partition coefficient (Wildman–Crippen LogP) is 4.94. The average molecular weight is 341 g/mol. The van der Waals surface area contributed by atoms with E-state index in [1.807, 2.05) is 66.8 Å². The average Bonchev–Trinajstić information content (AvgIpc) is 2.68. The predicted molar refractivity (Wildman–Crippen MR) is 103 cm³/mol. The van der Waals surface area contributed by atoms with Gasteiger partial charge in [-0.2, -0.15) is 0 Å². The van der Waals surface area contributed by atoms with Crippen LogP contribution in [-0.2, 0) is 0 Å². The second kappa shape index (κ2) is 8.55. The van der Waals surface area contributed by atoms with Crippen molar-refractivity contribution in [2.45, 2.75) is 12.5 Å². The molecule has 2 aromatic carbocycles. The summed E-state index contributed by atoms with van der Waals surface area (Å²) in [6.07, 6.45) is 7.62. The number of rotatable bonds is 3. The Hall–Kier alpha value is -3.51. The number of ether oxygens (including phenoxy) is 1. The van der Waals surface area contributed by atoms with Gasteiger partial charge in [-0.05, 0) is 42.7 Å². The molecule has 3 heteroatoms. The largest absolute Gasteiger partial charge is 0.420 e. The van der Waals surface area contributed by atoms with Crippen LogP contribution in [0, 0.1) is 11.8 Å². The SMILES string of the molecule is C=CCC1C=CC=C(C#Cc2ccccc2)N1C(=O)Oc1ccccc1. The fraction of sp³-hybridized carbons (Fsp3) is 0.0870. The van der Waals surface area contributed by atoms with Gasteiger partial charge < -0.3 is 4.74 Å². The first-order valence-electron chi connectivity index (χ1n) is 8.40. The van der Waals surface area contributed by atoms with Crippen molar-refractivity contribution in [3.63, 3.8) is 0 Å². The zero-order valence-corrected chi connectivity index (χ0v) is 14.3. The molecule has 26 heavy (non-hydrogen) atoms. The Morgan fingerprint density at radius 2 is 1.77 bits per heavy atom. The van der Waals surface area contributed by atoms with Gasteiger partial charge in [-0.1, -0.05) is 60.5 Å². The lowest BCUT2D eigenvalue weighted by Gasteiger charge is -2.30. The highest BCUT2D eigenvalue weighted by Crippen LogP contribution is 2.22. The van der Waals surface area contributed by atoms with Gasteiger partial charge in [0.05, 0.1) is 11.7 Å². The van der Waals surface area contributed by atoms with E-state index in [1.165, 1.54) is 0 Å². The first-order chi connectivity index (χ1) is 12.8. The van der Waals surface area contributed by atoms with Gasteiger partial charge in [-0.3, -0.25) is 4.90 Å². The fourth-order valence-corrected chi connectivity index (χ4v) is 2.61. The third-order valence-electron chi connectivity index (χ3n) is 3.84. The van der Waals surface area contributed by atoms with Crippen LogP contribution < -0.4 is 4.74 Å². The Morgan fingerprint density at radius 3 is 2.46 bits per heavy atom. The maximum absolute atomic E-state index is 12.8. The van der Waals surface area contributed by atoms with E-state index in [0.717, 1.165) is 5.56 Å². The Kier molecular flexibility index (Phi) is 5.69. The third-order valence-corrected chi connectivity index (χ3v) is 3.84. The van der Waals surface area contributed by atoms with Crippen molar-refractivity contribution in [1.82, 2.24) is 4.90 Å². The molecule has 1 unspecified atom stereocenters. The Bertz CT molecular complexity index is 886. The summed E-state index contributed by atoms with van der Waals surface area (Å²) < 4.78 is 5.52. The monoisotopic (exact) mass is 341 g/mol. The number of amides is 1. The number of carbonyl (C=O) groups excluding carboxylic acids is 1. The van der Waals surface area contributed by atoms with Gasteiger partial charge in [0.1, 0.15) is 5.75 Å². The molecule has 0 bridgehead atoms. The minimum atomic E-state index is -0.457. The fourth-order valence-electron chi connectivity index (χ4n) is 2.61. The van der Waals surface area contributed by atoms with Gasteiger partial charge in [0.2, 0.25) is 0 Å². The Balaban J connectivity index is 1.87. The normalized spacial score (nSPS) is 15.5. The van der Waals surface area contributed by atoms with Crippen molar-refractivity contribution < 1.29 is 9.53 Å². The zero-order valence-electron chi connectivity index (χ0n) is 14.3. The van der Waals surface area contributed by atoms with Crippen LogP contribution in [0.15, 0.2) is 97.2 Å². The molecule has 1 aliphatic heterocycles. The van der Waals surface area contributed by atoms with E-state index in [-0.39, 0.29) is 6.04 Å². The van der Waals surface area contributed by atoms with E-state index in [1.54, 1.807) is 23.1 Å². The number of hydrogen-bond acceptors (Lipinski definition) is 2. The number of benzene rings is 2. The van der Waals surface area contributed by atoms with Crippen LogP contribution in [-0.4, -0.2) is 17.0 Å². The molecule has 3 nitrogen and oxygen atoms in total.